The zero-order valence-corrected chi connectivity index (χ0v) is 13.5. The van der Waals surface area contributed by atoms with E-state index in [1.54, 1.807) is 42.5 Å². The van der Waals surface area contributed by atoms with Crippen molar-refractivity contribution in [1.29, 1.82) is 5.26 Å². The maximum Gasteiger partial charge on any atom is 0.267 e. The monoisotopic (exact) mass is 343 g/mol. The molecule has 0 atom stereocenters. The van der Waals surface area contributed by atoms with Gasteiger partial charge >= 0.3 is 0 Å². The van der Waals surface area contributed by atoms with Crippen molar-refractivity contribution < 1.29 is 9.18 Å². The third-order valence-electron chi connectivity index (χ3n) is 3.19. The number of nitriles is 1. The fourth-order valence-electron chi connectivity index (χ4n) is 2.00. The minimum atomic E-state index is -0.543. The summed E-state index contributed by atoms with van der Waals surface area (Å²) in [5.41, 5.74) is 0.990. The normalized spacial score (nSPS) is 10.8. The van der Waals surface area contributed by atoms with E-state index in [0.29, 0.717) is 29.2 Å². The molecule has 2 rings (SSSR count). The van der Waals surface area contributed by atoms with Gasteiger partial charge in [-0.3, -0.25) is 4.79 Å². The van der Waals surface area contributed by atoms with Gasteiger partial charge in [-0.1, -0.05) is 35.9 Å². The van der Waals surface area contributed by atoms with Crippen LogP contribution in [0.1, 0.15) is 5.56 Å². The maximum atomic E-state index is 13.5. The van der Waals surface area contributed by atoms with E-state index in [0.717, 1.165) is 0 Å². The van der Waals surface area contributed by atoms with Gasteiger partial charge in [0.25, 0.3) is 5.91 Å². The molecule has 0 fully saturated rings. The summed E-state index contributed by atoms with van der Waals surface area (Å²) in [7, 11) is 0. The molecule has 24 heavy (non-hydrogen) atoms. The maximum absolute atomic E-state index is 13.5. The third kappa shape index (κ3) is 5.11. The lowest BCUT2D eigenvalue weighted by Gasteiger charge is -2.06. The van der Waals surface area contributed by atoms with Crippen LogP contribution in [-0.2, 0) is 11.2 Å². The first-order valence-electron chi connectivity index (χ1n) is 7.24. The summed E-state index contributed by atoms with van der Waals surface area (Å²) >= 11 is 5.84. The van der Waals surface area contributed by atoms with Crippen molar-refractivity contribution >= 4 is 23.2 Å². The first-order valence-corrected chi connectivity index (χ1v) is 7.62. The summed E-state index contributed by atoms with van der Waals surface area (Å²) in [6, 6.07) is 14.9. The molecule has 2 N–H and O–H groups in total. The lowest BCUT2D eigenvalue weighted by Crippen LogP contribution is -2.18. The van der Waals surface area contributed by atoms with Gasteiger partial charge in [0.2, 0.25) is 0 Å². The van der Waals surface area contributed by atoms with E-state index >= 15 is 0 Å². The Labute approximate surface area is 144 Å². The summed E-state index contributed by atoms with van der Waals surface area (Å²) in [4.78, 5) is 12.0. The summed E-state index contributed by atoms with van der Waals surface area (Å²) in [5.74, 6) is -0.819. The van der Waals surface area contributed by atoms with Gasteiger partial charge in [0.15, 0.2) is 0 Å². The predicted molar refractivity (Wildman–Crippen MR) is 91.9 cm³/mol. The van der Waals surface area contributed by atoms with Crippen molar-refractivity contribution in [3.05, 3.63) is 76.7 Å². The molecule has 0 aliphatic carbocycles. The number of benzene rings is 2. The predicted octanol–water partition coefficient (Wildman–Crippen LogP) is 3.66. The number of hydrogen-bond acceptors (Lipinski definition) is 3. The Morgan fingerprint density at radius 3 is 2.75 bits per heavy atom. The fourth-order valence-corrected chi connectivity index (χ4v) is 2.19. The number of halogens is 2. The topological polar surface area (TPSA) is 64.9 Å². The standard InChI is InChI=1S/C18H15ClFN3O/c19-15-5-3-6-16(10-15)23-18(24)14(11-21)12-22-9-8-13-4-1-2-7-17(13)20/h1-7,10,12,22H,8-9H2,(H,23,24)/b14-12-. The molecule has 0 aliphatic rings. The second-order valence-corrected chi connectivity index (χ2v) is 5.37. The van der Waals surface area contributed by atoms with Crippen molar-refractivity contribution in [3.63, 3.8) is 0 Å². The van der Waals surface area contributed by atoms with Crippen molar-refractivity contribution in [2.24, 2.45) is 0 Å². The molecule has 0 heterocycles. The highest BCUT2D eigenvalue weighted by Gasteiger charge is 2.09. The number of carbonyl (C=O) groups is 1. The Balaban J connectivity index is 1.90. The second-order valence-electron chi connectivity index (χ2n) is 4.93. The largest absolute Gasteiger partial charge is 0.389 e. The van der Waals surface area contributed by atoms with E-state index < -0.39 is 5.91 Å². The number of anilines is 1. The van der Waals surface area contributed by atoms with Crippen molar-refractivity contribution in [2.75, 3.05) is 11.9 Å². The highest BCUT2D eigenvalue weighted by molar-refractivity contribution is 6.31. The van der Waals surface area contributed by atoms with Crippen LogP contribution in [0.4, 0.5) is 10.1 Å². The van der Waals surface area contributed by atoms with Crippen LogP contribution >= 0.6 is 11.6 Å². The first kappa shape index (κ1) is 17.5. The lowest BCUT2D eigenvalue weighted by molar-refractivity contribution is -0.112. The SMILES string of the molecule is N#C/C(=C/NCCc1ccccc1F)C(=O)Nc1cccc(Cl)c1. The molecule has 0 bridgehead atoms. The number of amides is 1. The van der Waals surface area contributed by atoms with Crippen LogP contribution in [0.25, 0.3) is 0 Å². The van der Waals surface area contributed by atoms with Crippen molar-refractivity contribution in [2.45, 2.75) is 6.42 Å². The Bertz CT molecular complexity index is 799. The Hall–Kier alpha value is -2.84. The molecule has 0 spiro atoms. The van der Waals surface area contributed by atoms with Gasteiger partial charge in [0.05, 0.1) is 0 Å². The number of nitrogens with zero attached hydrogens (tertiary/aromatic N) is 1. The van der Waals surface area contributed by atoms with Crippen molar-refractivity contribution in [3.8, 4) is 6.07 Å². The van der Waals surface area contributed by atoms with E-state index in [9.17, 15) is 9.18 Å². The van der Waals surface area contributed by atoms with Crippen LogP contribution in [-0.4, -0.2) is 12.5 Å². The molecule has 0 saturated carbocycles. The summed E-state index contributed by atoms with van der Waals surface area (Å²) in [6.45, 7) is 0.399. The van der Waals surface area contributed by atoms with Gasteiger partial charge < -0.3 is 10.6 Å². The quantitative estimate of drug-likeness (QED) is 0.478. The minimum Gasteiger partial charge on any atom is -0.389 e. The van der Waals surface area contributed by atoms with Gasteiger partial charge in [-0.2, -0.15) is 5.26 Å². The second kappa shape index (κ2) is 8.70. The van der Waals surface area contributed by atoms with Gasteiger partial charge in [-0.05, 0) is 36.2 Å². The molecule has 2 aromatic rings. The van der Waals surface area contributed by atoms with Gasteiger partial charge in [-0.15, -0.1) is 0 Å². The molecule has 1 amide bonds. The summed E-state index contributed by atoms with van der Waals surface area (Å²) < 4.78 is 13.5. The van der Waals surface area contributed by atoms with E-state index in [1.165, 1.54) is 12.3 Å². The zero-order chi connectivity index (χ0) is 17.4. The first-order chi connectivity index (χ1) is 11.6. The highest BCUT2D eigenvalue weighted by Crippen LogP contribution is 2.15. The molecule has 2 aromatic carbocycles. The van der Waals surface area contributed by atoms with Gasteiger partial charge in [0, 0.05) is 23.5 Å². The molecule has 0 aromatic heterocycles. The van der Waals surface area contributed by atoms with Crippen LogP contribution in [0.5, 0.6) is 0 Å². The van der Waals surface area contributed by atoms with Gasteiger partial charge in [0.1, 0.15) is 17.5 Å². The molecular formula is C18H15ClFN3O. The van der Waals surface area contributed by atoms with E-state index in [-0.39, 0.29) is 11.4 Å². The molecule has 0 unspecified atom stereocenters. The molecule has 122 valence electrons. The van der Waals surface area contributed by atoms with Crippen LogP contribution in [0.15, 0.2) is 60.3 Å². The average Bonchev–Trinajstić information content (AvgIpc) is 2.56. The van der Waals surface area contributed by atoms with E-state index in [2.05, 4.69) is 10.6 Å². The molecule has 0 radical (unpaired) electrons. The summed E-state index contributed by atoms with van der Waals surface area (Å²) in [5, 5.41) is 15.0. The van der Waals surface area contributed by atoms with E-state index in [1.807, 2.05) is 6.07 Å². The smallest absolute Gasteiger partial charge is 0.267 e. The Morgan fingerprint density at radius 1 is 1.25 bits per heavy atom. The Kier molecular flexibility index (Phi) is 6.35. The lowest BCUT2D eigenvalue weighted by atomic mass is 10.1. The minimum absolute atomic E-state index is 0.0801. The average molecular weight is 344 g/mol. The molecule has 0 aliphatic heterocycles. The number of nitrogens with one attached hydrogen (secondary N) is 2. The molecule has 4 nitrogen and oxygen atoms in total. The molecule has 0 saturated heterocycles. The number of carbonyl (C=O) groups excluding carboxylic acids is 1. The highest BCUT2D eigenvalue weighted by atomic mass is 35.5. The van der Waals surface area contributed by atoms with Crippen LogP contribution in [0.2, 0.25) is 5.02 Å². The van der Waals surface area contributed by atoms with Crippen LogP contribution in [0, 0.1) is 17.1 Å². The molecular weight excluding hydrogens is 329 g/mol. The zero-order valence-electron chi connectivity index (χ0n) is 12.7. The van der Waals surface area contributed by atoms with Crippen molar-refractivity contribution in [1.82, 2.24) is 5.32 Å². The third-order valence-corrected chi connectivity index (χ3v) is 3.43. The number of hydrogen-bond donors (Lipinski definition) is 2. The fraction of sp³-hybridized carbons (Fsp3) is 0.111. The van der Waals surface area contributed by atoms with Gasteiger partial charge in [-0.25, -0.2) is 4.39 Å². The van der Waals surface area contributed by atoms with E-state index in [4.69, 9.17) is 16.9 Å². The number of rotatable bonds is 6. The summed E-state index contributed by atoms with van der Waals surface area (Å²) in [6.07, 6.45) is 1.76. The molecule has 6 heteroatoms. The van der Waals surface area contributed by atoms with Crippen LogP contribution < -0.4 is 10.6 Å². The van der Waals surface area contributed by atoms with Crippen LogP contribution in [0.3, 0.4) is 0 Å². The Morgan fingerprint density at radius 2 is 2.04 bits per heavy atom.